The summed E-state index contributed by atoms with van der Waals surface area (Å²) in [6.45, 7) is 1.70. The Hall–Kier alpha value is -2.08. The van der Waals surface area contributed by atoms with E-state index in [9.17, 15) is 17.9 Å². The number of rotatable bonds is 4. The van der Waals surface area contributed by atoms with Gasteiger partial charge in [0.1, 0.15) is 11.6 Å². The van der Waals surface area contributed by atoms with Crippen LogP contribution in [0.15, 0.2) is 53.4 Å². The van der Waals surface area contributed by atoms with Gasteiger partial charge in [0, 0.05) is 12.6 Å². The Labute approximate surface area is 117 Å². The molecule has 0 aromatic heterocycles. The Morgan fingerprint density at radius 1 is 1.15 bits per heavy atom. The standard InChI is InChI=1S/C14H14FNO3S/c1-2-16(14-9-4-3-8-13(14)15)20(18,19)12-7-5-6-11(17)10-12/h3-10,17H,2H2,1H3. The number of sulfonamides is 1. The Balaban J connectivity index is 2.54. The highest BCUT2D eigenvalue weighted by Crippen LogP contribution is 2.27. The molecule has 0 unspecified atom stereocenters. The van der Waals surface area contributed by atoms with Crippen LogP contribution < -0.4 is 4.31 Å². The third kappa shape index (κ3) is 2.60. The molecule has 0 amide bonds. The van der Waals surface area contributed by atoms with E-state index in [1.165, 1.54) is 36.4 Å². The molecule has 2 aromatic carbocycles. The van der Waals surface area contributed by atoms with Gasteiger partial charge in [-0.3, -0.25) is 4.31 Å². The molecule has 1 N–H and O–H groups in total. The highest BCUT2D eigenvalue weighted by atomic mass is 32.2. The van der Waals surface area contributed by atoms with Crippen molar-refractivity contribution >= 4 is 15.7 Å². The minimum atomic E-state index is -3.92. The zero-order valence-electron chi connectivity index (χ0n) is 10.8. The van der Waals surface area contributed by atoms with E-state index in [0.29, 0.717) is 0 Å². The van der Waals surface area contributed by atoms with E-state index >= 15 is 0 Å². The summed E-state index contributed by atoms with van der Waals surface area (Å²) in [5, 5.41) is 9.40. The van der Waals surface area contributed by atoms with Gasteiger partial charge >= 0.3 is 0 Å². The van der Waals surface area contributed by atoms with E-state index in [0.717, 1.165) is 10.4 Å². The van der Waals surface area contributed by atoms with Crippen molar-refractivity contribution in [1.82, 2.24) is 0 Å². The molecular weight excluding hydrogens is 281 g/mol. The summed E-state index contributed by atoms with van der Waals surface area (Å²) < 4.78 is 39.8. The molecule has 0 saturated heterocycles. The maximum atomic E-state index is 13.8. The predicted molar refractivity (Wildman–Crippen MR) is 74.7 cm³/mol. The molecule has 2 aromatic rings. The minimum absolute atomic E-state index is 0.0154. The van der Waals surface area contributed by atoms with Crippen LogP contribution in [0.2, 0.25) is 0 Å². The highest BCUT2D eigenvalue weighted by molar-refractivity contribution is 7.92. The van der Waals surface area contributed by atoms with Gasteiger partial charge in [-0.05, 0) is 31.2 Å². The molecule has 0 atom stereocenters. The Morgan fingerprint density at radius 3 is 2.45 bits per heavy atom. The van der Waals surface area contributed by atoms with Crippen LogP contribution in [0.3, 0.4) is 0 Å². The molecule has 6 heteroatoms. The van der Waals surface area contributed by atoms with Crippen LogP contribution in [0.25, 0.3) is 0 Å². The third-order valence-electron chi connectivity index (χ3n) is 2.81. The Kier molecular flexibility index (Phi) is 3.94. The largest absolute Gasteiger partial charge is 0.508 e. The lowest BCUT2D eigenvalue weighted by molar-refractivity contribution is 0.473. The topological polar surface area (TPSA) is 57.6 Å². The van der Waals surface area contributed by atoms with Gasteiger partial charge in [0.25, 0.3) is 10.0 Å². The van der Waals surface area contributed by atoms with Crippen molar-refractivity contribution in [2.45, 2.75) is 11.8 Å². The van der Waals surface area contributed by atoms with E-state index in [1.807, 2.05) is 0 Å². The van der Waals surface area contributed by atoms with Crippen LogP contribution >= 0.6 is 0 Å². The van der Waals surface area contributed by atoms with Crippen LogP contribution in [0.5, 0.6) is 5.75 Å². The number of halogens is 1. The van der Waals surface area contributed by atoms with Crippen molar-refractivity contribution in [3.8, 4) is 5.75 Å². The first-order valence-electron chi connectivity index (χ1n) is 6.03. The number of anilines is 1. The van der Waals surface area contributed by atoms with Gasteiger partial charge in [0.15, 0.2) is 0 Å². The van der Waals surface area contributed by atoms with Gasteiger partial charge in [-0.15, -0.1) is 0 Å². The van der Waals surface area contributed by atoms with Gasteiger partial charge in [-0.25, -0.2) is 12.8 Å². The Bertz CT molecular complexity index is 716. The van der Waals surface area contributed by atoms with Crippen molar-refractivity contribution in [2.24, 2.45) is 0 Å². The summed E-state index contributed by atoms with van der Waals surface area (Å²) >= 11 is 0. The second-order valence-electron chi connectivity index (χ2n) is 4.12. The second kappa shape index (κ2) is 5.50. The first kappa shape index (κ1) is 14.3. The number of aromatic hydroxyl groups is 1. The molecule has 0 aliphatic carbocycles. The van der Waals surface area contributed by atoms with E-state index in [1.54, 1.807) is 13.0 Å². The molecule has 106 valence electrons. The van der Waals surface area contributed by atoms with Crippen molar-refractivity contribution in [3.63, 3.8) is 0 Å². The van der Waals surface area contributed by atoms with Crippen molar-refractivity contribution in [2.75, 3.05) is 10.8 Å². The molecule has 4 nitrogen and oxygen atoms in total. The molecule has 20 heavy (non-hydrogen) atoms. The van der Waals surface area contributed by atoms with Gasteiger partial charge < -0.3 is 5.11 Å². The monoisotopic (exact) mass is 295 g/mol. The molecule has 2 rings (SSSR count). The van der Waals surface area contributed by atoms with E-state index in [4.69, 9.17) is 0 Å². The first-order chi connectivity index (χ1) is 9.46. The summed E-state index contributed by atoms with van der Waals surface area (Å²) in [4.78, 5) is -0.0809. The first-order valence-corrected chi connectivity index (χ1v) is 7.47. The summed E-state index contributed by atoms with van der Waals surface area (Å²) in [7, 11) is -3.92. The summed E-state index contributed by atoms with van der Waals surface area (Å²) in [6, 6.07) is 11.0. The average Bonchev–Trinajstić information content (AvgIpc) is 2.41. The molecule has 0 aliphatic heterocycles. The van der Waals surface area contributed by atoms with Crippen LogP contribution in [0, 0.1) is 5.82 Å². The molecule has 0 aliphatic rings. The smallest absolute Gasteiger partial charge is 0.264 e. The maximum absolute atomic E-state index is 13.8. The molecule has 0 bridgehead atoms. The predicted octanol–water partition coefficient (Wildman–Crippen LogP) is 2.75. The molecule has 0 fully saturated rings. The lowest BCUT2D eigenvalue weighted by Crippen LogP contribution is -2.31. The zero-order valence-corrected chi connectivity index (χ0v) is 11.6. The molecule has 0 spiro atoms. The number of hydrogen-bond acceptors (Lipinski definition) is 3. The minimum Gasteiger partial charge on any atom is -0.508 e. The third-order valence-corrected chi connectivity index (χ3v) is 4.70. The van der Waals surface area contributed by atoms with E-state index in [-0.39, 0.29) is 22.9 Å². The number of benzene rings is 2. The van der Waals surface area contributed by atoms with Crippen LogP contribution in [-0.4, -0.2) is 20.1 Å². The number of para-hydroxylation sites is 1. The summed E-state index contributed by atoms with van der Waals surface area (Å²) in [6.07, 6.45) is 0. The fourth-order valence-electron chi connectivity index (χ4n) is 1.89. The van der Waals surface area contributed by atoms with Crippen LogP contribution in [0.1, 0.15) is 6.92 Å². The quantitative estimate of drug-likeness (QED) is 0.943. The van der Waals surface area contributed by atoms with Gasteiger partial charge in [-0.1, -0.05) is 18.2 Å². The van der Waals surface area contributed by atoms with Crippen LogP contribution in [-0.2, 0) is 10.0 Å². The lowest BCUT2D eigenvalue weighted by atomic mass is 10.3. The second-order valence-corrected chi connectivity index (χ2v) is 5.98. The maximum Gasteiger partial charge on any atom is 0.264 e. The molecule has 0 radical (unpaired) electrons. The molecular formula is C14H14FNO3S. The number of nitrogens with zero attached hydrogens (tertiary/aromatic N) is 1. The highest BCUT2D eigenvalue weighted by Gasteiger charge is 2.25. The Morgan fingerprint density at radius 2 is 1.85 bits per heavy atom. The molecule has 0 saturated carbocycles. The normalized spacial score (nSPS) is 11.3. The zero-order chi connectivity index (χ0) is 14.8. The summed E-state index contributed by atoms with van der Waals surface area (Å²) in [5.41, 5.74) is -0.0154. The average molecular weight is 295 g/mol. The lowest BCUT2D eigenvalue weighted by Gasteiger charge is -2.23. The number of phenols is 1. The fourth-order valence-corrected chi connectivity index (χ4v) is 3.42. The van der Waals surface area contributed by atoms with Gasteiger partial charge in [0.05, 0.1) is 10.6 Å². The fraction of sp³-hybridized carbons (Fsp3) is 0.143. The van der Waals surface area contributed by atoms with E-state index < -0.39 is 15.8 Å². The van der Waals surface area contributed by atoms with Crippen molar-refractivity contribution in [3.05, 3.63) is 54.3 Å². The number of phenolic OH excluding ortho intramolecular Hbond substituents is 1. The SMILES string of the molecule is CCN(c1ccccc1F)S(=O)(=O)c1cccc(O)c1. The van der Waals surface area contributed by atoms with Gasteiger partial charge in [0.2, 0.25) is 0 Å². The molecule has 0 heterocycles. The van der Waals surface area contributed by atoms with Gasteiger partial charge in [-0.2, -0.15) is 0 Å². The van der Waals surface area contributed by atoms with Crippen molar-refractivity contribution in [1.29, 1.82) is 0 Å². The van der Waals surface area contributed by atoms with Crippen LogP contribution in [0.4, 0.5) is 10.1 Å². The number of hydrogen-bond donors (Lipinski definition) is 1. The van der Waals surface area contributed by atoms with E-state index in [2.05, 4.69) is 0 Å². The van der Waals surface area contributed by atoms with Crippen molar-refractivity contribution < 1.29 is 17.9 Å². The summed E-state index contributed by atoms with van der Waals surface area (Å²) in [5.74, 6) is -0.770.